The lowest BCUT2D eigenvalue weighted by Crippen LogP contribution is -2.50. The molecule has 114 valence electrons. The third kappa shape index (κ3) is 7.88. The van der Waals surface area contributed by atoms with Gasteiger partial charge in [-0.05, 0) is 40.7 Å². The number of rotatable bonds is 9. The van der Waals surface area contributed by atoms with Crippen LogP contribution < -0.4 is 5.32 Å². The lowest BCUT2D eigenvalue weighted by Gasteiger charge is -2.36. The zero-order valence-electron chi connectivity index (χ0n) is 13.3. The topological polar surface area (TPSA) is 27.7 Å². The van der Waals surface area contributed by atoms with Crippen LogP contribution in [0.15, 0.2) is 0 Å². The van der Waals surface area contributed by atoms with Gasteiger partial charge >= 0.3 is 0 Å². The first kappa shape index (κ1) is 16.9. The van der Waals surface area contributed by atoms with Gasteiger partial charge in [-0.25, -0.2) is 0 Å². The molecule has 4 heteroatoms. The van der Waals surface area contributed by atoms with E-state index < -0.39 is 0 Å². The quantitative estimate of drug-likeness (QED) is 0.642. The molecule has 0 saturated carbocycles. The van der Waals surface area contributed by atoms with Crippen LogP contribution in [0.5, 0.6) is 0 Å². The van der Waals surface area contributed by atoms with Crippen molar-refractivity contribution in [3.05, 3.63) is 0 Å². The Kier molecular flexibility index (Phi) is 8.62. The van der Waals surface area contributed by atoms with Crippen molar-refractivity contribution >= 4 is 0 Å². The summed E-state index contributed by atoms with van der Waals surface area (Å²) in [7, 11) is 0. The van der Waals surface area contributed by atoms with Crippen LogP contribution in [0, 0.1) is 0 Å². The van der Waals surface area contributed by atoms with Crippen molar-refractivity contribution in [1.29, 1.82) is 0 Å². The van der Waals surface area contributed by atoms with Gasteiger partial charge in [0.05, 0.1) is 6.10 Å². The molecule has 4 nitrogen and oxygen atoms in total. The molecule has 0 aromatic rings. The van der Waals surface area contributed by atoms with E-state index in [1.54, 1.807) is 0 Å². The van der Waals surface area contributed by atoms with E-state index in [1.165, 1.54) is 32.7 Å². The fourth-order valence-corrected chi connectivity index (χ4v) is 2.38. The maximum atomic E-state index is 5.52. The Morgan fingerprint density at radius 3 is 2.26 bits per heavy atom. The van der Waals surface area contributed by atoms with Gasteiger partial charge in [0.15, 0.2) is 0 Å². The Balaban J connectivity index is 1.91. The molecule has 0 atom stereocenters. The molecule has 0 amide bonds. The lowest BCUT2D eigenvalue weighted by atomic mass is 10.2. The molecule has 1 heterocycles. The Labute approximate surface area is 119 Å². The molecule has 0 aromatic carbocycles. The second-order valence-corrected chi connectivity index (χ2v) is 5.99. The van der Waals surface area contributed by atoms with Gasteiger partial charge in [-0.3, -0.25) is 9.80 Å². The molecule has 1 saturated heterocycles. The van der Waals surface area contributed by atoms with E-state index in [0.717, 1.165) is 26.1 Å². The highest BCUT2D eigenvalue weighted by Crippen LogP contribution is 2.04. The van der Waals surface area contributed by atoms with Crippen LogP contribution in [0.2, 0.25) is 0 Å². The summed E-state index contributed by atoms with van der Waals surface area (Å²) >= 11 is 0. The van der Waals surface area contributed by atoms with Crippen molar-refractivity contribution in [1.82, 2.24) is 15.1 Å². The minimum atomic E-state index is 0.359. The maximum absolute atomic E-state index is 5.52. The molecule has 0 spiro atoms. The normalized spacial score (nSPS) is 18.6. The molecule has 1 aliphatic rings. The Morgan fingerprint density at radius 1 is 1.00 bits per heavy atom. The molecular weight excluding hydrogens is 238 g/mol. The molecule has 19 heavy (non-hydrogen) atoms. The molecule has 0 aliphatic carbocycles. The highest BCUT2D eigenvalue weighted by molar-refractivity contribution is 4.74. The minimum absolute atomic E-state index is 0.359. The van der Waals surface area contributed by atoms with Gasteiger partial charge in [0.2, 0.25) is 0 Å². The van der Waals surface area contributed by atoms with Gasteiger partial charge in [0.1, 0.15) is 0 Å². The van der Waals surface area contributed by atoms with Crippen molar-refractivity contribution < 1.29 is 4.74 Å². The maximum Gasteiger partial charge on any atom is 0.0518 e. The van der Waals surface area contributed by atoms with E-state index in [9.17, 15) is 0 Å². The van der Waals surface area contributed by atoms with Gasteiger partial charge in [-0.15, -0.1) is 0 Å². The standard InChI is InChI=1S/C15H33N3O/c1-14(2)18-11-9-17(10-12-18)8-7-16-6-5-13-19-15(3)4/h14-16H,5-13H2,1-4H3. The minimum Gasteiger partial charge on any atom is -0.379 e. The average molecular weight is 271 g/mol. The van der Waals surface area contributed by atoms with Crippen molar-refractivity contribution in [3.8, 4) is 0 Å². The first-order valence-corrected chi connectivity index (χ1v) is 7.88. The fourth-order valence-electron chi connectivity index (χ4n) is 2.38. The predicted molar refractivity (Wildman–Crippen MR) is 81.7 cm³/mol. The van der Waals surface area contributed by atoms with Gasteiger partial charge < -0.3 is 10.1 Å². The van der Waals surface area contributed by atoms with Crippen LogP contribution >= 0.6 is 0 Å². The SMILES string of the molecule is CC(C)OCCCNCCN1CCN(C(C)C)CC1. The summed E-state index contributed by atoms with van der Waals surface area (Å²) in [6, 6.07) is 0.696. The van der Waals surface area contributed by atoms with Gasteiger partial charge in [-0.1, -0.05) is 0 Å². The van der Waals surface area contributed by atoms with E-state index in [2.05, 4.69) is 42.8 Å². The van der Waals surface area contributed by atoms with Gasteiger partial charge in [-0.2, -0.15) is 0 Å². The van der Waals surface area contributed by atoms with Crippen LogP contribution in [0.25, 0.3) is 0 Å². The van der Waals surface area contributed by atoms with E-state index in [4.69, 9.17) is 4.74 Å². The second-order valence-electron chi connectivity index (χ2n) is 5.99. The summed E-state index contributed by atoms with van der Waals surface area (Å²) in [4.78, 5) is 5.13. The van der Waals surface area contributed by atoms with Crippen LogP contribution in [0.3, 0.4) is 0 Å². The van der Waals surface area contributed by atoms with Crippen molar-refractivity contribution in [3.63, 3.8) is 0 Å². The molecule has 0 unspecified atom stereocenters. The molecule has 0 radical (unpaired) electrons. The number of hydrogen-bond donors (Lipinski definition) is 1. The van der Waals surface area contributed by atoms with Crippen LogP contribution in [0.1, 0.15) is 34.1 Å². The van der Waals surface area contributed by atoms with E-state index >= 15 is 0 Å². The Hall–Kier alpha value is -0.160. The monoisotopic (exact) mass is 271 g/mol. The fraction of sp³-hybridized carbons (Fsp3) is 1.00. The summed E-state index contributed by atoms with van der Waals surface area (Å²) in [5.41, 5.74) is 0. The second kappa shape index (κ2) is 9.70. The van der Waals surface area contributed by atoms with Gasteiger partial charge in [0, 0.05) is 51.9 Å². The third-order valence-corrected chi connectivity index (χ3v) is 3.69. The molecule has 0 aromatic heterocycles. The van der Waals surface area contributed by atoms with Crippen LogP contribution in [0.4, 0.5) is 0 Å². The molecular formula is C15H33N3O. The smallest absolute Gasteiger partial charge is 0.0518 e. The summed E-state index contributed by atoms with van der Waals surface area (Å²) < 4.78 is 5.52. The number of piperazine rings is 1. The number of nitrogens with one attached hydrogen (secondary N) is 1. The molecule has 1 aliphatic heterocycles. The van der Waals surface area contributed by atoms with Crippen molar-refractivity contribution in [2.24, 2.45) is 0 Å². The highest BCUT2D eigenvalue weighted by atomic mass is 16.5. The first-order valence-electron chi connectivity index (χ1n) is 7.88. The van der Waals surface area contributed by atoms with Crippen molar-refractivity contribution in [2.45, 2.75) is 46.3 Å². The molecule has 1 rings (SSSR count). The zero-order chi connectivity index (χ0) is 14.1. The van der Waals surface area contributed by atoms with Crippen molar-refractivity contribution in [2.75, 3.05) is 52.4 Å². The summed E-state index contributed by atoms with van der Waals surface area (Å²) in [5.74, 6) is 0. The van der Waals surface area contributed by atoms with E-state index in [1.807, 2.05) is 0 Å². The lowest BCUT2D eigenvalue weighted by molar-refractivity contribution is 0.0767. The van der Waals surface area contributed by atoms with Crippen LogP contribution in [-0.2, 0) is 4.74 Å². The summed E-state index contributed by atoms with van der Waals surface area (Å²) in [6.45, 7) is 17.9. The van der Waals surface area contributed by atoms with Crippen LogP contribution in [-0.4, -0.2) is 74.4 Å². The number of hydrogen-bond acceptors (Lipinski definition) is 4. The summed E-state index contributed by atoms with van der Waals surface area (Å²) in [5, 5.41) is 3.51. The zero-order valence-corrected chi connectivity index (χ0v) is 13.3. The molecule has 1 N–H and O–H groups in total. The number of ether oxygens (including phenoxy) is 1. The predicted octanol–water partition coefficient (Wildman–Crippen LogP) is 1.42. The first-order chi connectivity index (χ1) is 9.09. The summed E-state index contributed by atoms with van der Waals surface area (Å²) in [6.07, 6.45) is 1.47. The van der Waals surface area contributed by atoms with E-state index in [0.29, 0.717) is 12.1 Å². The Bertz CT molecular complexity index is 213. The highest BCUT2D eigenvalue weighted by Gasteiger charge is 2.17. The average Bonchev–Trinajstić information content (AvgIpc) is 2.38. The number of nitrogens with zero attached hydrogens (tertiary/aromatic N) is 2. The van der Waals surface area contributed by atoms with E-state index in [-0.39, 0.29) is 0 Å². The third-order valence-electron chi connectivity index (χ3n) is 3.69. The molecule has 1 fully saturated rings. The van der Waals surface area contributed by atoms with Gasteiger partial charge in [0.25, 0.3) is 0 Å². The molecule has 0 bridgehead atoms. The Morgan fingerprint density at radius 2 is 1.68 bits per heavy atom. The largest absolute Gasteiger partial charge is 0.379 e.